The van der Waals surface area contributed by atoms with Gasteiger partial charge < -0.3 is 14.7 Å². The lowest BCUT2D eigenvalue weighted by Crippen LogP contribution is -2.16. The maximum atomic E-state index is 2.40. The van der Waals surface area contributed by atoms with Crippen molar-refractivity contribution in [3.05, 3.63) is 320 Å². The largest absolute Gasteiger partial charge is 0.311 e. The third-order valence-electron chi connectivity index (χ3n) is 17.4. The van der Waals surface area contributed by atoms with Gasteiger partial charge in [-0.1, -0.05) is 235 Å². The Bertz CT molecular complexity index is 4150. The highest BCUT2D eigenvalue weighted by Crippen LogP contribution is 2.51. The molecule has 420 valence electrons. The number of anilines is 9. The summed E-state index contributed by atoms with van der Waals surface area (Å²) in [5.41, 5.74) is 26.3. The molecular formula is C83H73N3. The summed E-state index contributed by atoms with van der Waals surface area (Å²) in [6.07, 6.45) is 8.90. The van der Waals surface area contributed by atoms with Gasteiger partial charge >= 0.3 is 0 Å². The van der Waals surface area contributed by atoms with E-state index in [1.165, 1.54) is 111 Å². The maximum Gasteiger partial charge on any atom is 0.0465 e. The lowest BCUT2D eigenvalue weighted by Gasteiger charge is -2.28. The van der Waals surface area contributed by atoms with Gasteiger partial charge in [-0.15, -0.1) is 0 Å². The van der Waals surface area contributed by atoms with Crippen molar-refractivity contribution in [3.8, 4) is 55.6 Å². The third kappa shape index (κ3) is 11.7. The highest BCUT2D eigenvalue weighted by Gasteiger charge is 2.36. The van der Waals surface area contributed by atoms with Crippen LogP contribution in [-0.4, -0.2) is 0 Å². The van der Waals surface area contributed by atoms with Gasteiger partial charge in [-0.2, -0.15) is 0 Å². The van der Waals surface area contributed by atoms with E-state index in [4.69, 9.17) is 0 Å². The van der Waals surface area contributed by atoms with Gasteiger partial charge in [-0.05, 0) is 206 Å². The highest BCUT2D eigenvalue weighted by molar-refractivity contribution is 5.87. The molecule has 86 heavy (non-hydrogen) atoms. The van der Waals surface area contributed by atoms with Crippen LogP contribution in [0.3, 0.4) is 0 Å². The second kappa shape index (κ2) is 25.1. The Morgan fingerprint density at radius 3 is 0.988 bits per heavy atom. The summed E-state index contributed by atoms with van der Waals surface area (Å²) in [4.78, 5) is 7.09. The highest BCUT2D eigenvalue weighted by atomic mass is 15.2. The standard InChI is InChI=1S/C83H73N3/c1-4-5-6-7-8-12-23-61-36-46-73(47-37-61)85(75-50-40-63(41-51-75)67-25-21-24-66(58-67)62-38-48-74(49-39-62)84(70-28-13-9-14-29-70)71-30-15-10-16-31-71)76-52-42-64(43-53-76)68-26-22-27-69(59-68)65-44-54-77(55-45-65)86(72-32-17-11-18-33-72)78-56-57-80-79-34-19-20-35-81(79)83(2,3)82(80)60-78/h9-11,13-22,24-60H,4-8,12,23H2,1-3H3. The van der Waals surface area contributed by atoms with Crippen molar-refractivity contribution in [2.45, 2.75) is 71.1 Å². The number of para-hydroxylation sites is 3. The fourth-order valence-corrected chi connectivity index (χ4v) is 12.8. The fourth-order valence-electron chi connectivity index (χ4n) is 12.8. The molecular weight excluding hydrogens is 1040 g/mol. The first-order valence-electron chi connectivity index (χ1n) is 30.9. The van der Waals surface area contributed by atoms with Gasteiger partial charge in [-0.25, -0.2) is 0 Å². The van der Waals surface area contributed by atoms with Crippen molar-refractivity contribution in [2.75, 3.05) is 14.7 Å². The fraction of sp³-hybridized carbons (Fsp3) is 0.133. The molecule has 0 bridgehead atoms. The Labute approximate surface area is 509 Å². The molecule has 0 heterocycles. The summed E-state index contributed by atoms with van der Waals surface area (Å²) in [6, 6.07) is 111. The predicted octanol–water partition coefficient (Wildman–Crippen LogP) is 24.0. The van der Waals surface area contributed by atoms with Gasteiger partial charge in [0.15, 0.2) is 0 Å². The van der Waals surface area contributed by atoms with E-state index in [0.29, 0.717) is 0 Å². The van der Waals surface area contributed by atoms with Crippen LogP contribution in [0.2, 0.25) is 0 Å². The summed E-state index contributed by atoms with van der Waals surface area (Å²) in [6.45, 7) is 6.99. The maximum absolute atomic E-state index is 2.40. The second-order valence-electron chi connectivity index (χ2n) is 23.4. The number of aryl methyl sites for hydroxylation is 1. The van der Waals surface area contributed by atoms with Gasteiger partial charge in [0.2, 0.25) is 0 Å². The molecule has 12 aromatic rings. The van der Waals surface area contributed by atoms with E-state index in [1.807, 2.05) is 0 Å². The summed E-state index contributed by atoms with van der Waals surface area (Å²) in [5, 5.41) is 0. The lowest BCUT2D eigenvalue weighted by atomic mass is 9.82. The zero-order chi connectivity index (χ0) is 58.2. The van der Waals surface area contributed by atoms with E-state index >= 15 is 0 Å². The summed E-state index contributed by atoms with van der Waals surface area (Å²) in [7, 11) is 0. The monoisotopic (exact) mass is 1110 g/mol. The Morgan fingerprint density at radius 2 is 0.570 bits per heavy atom. The second-order valence-corrected chi connectivity index (χ2v) is 23.4. The van der Waals surface area contributed by atoms with E-state index in [-0.39, 0.29) is 5.41 Å². The lowest BCUT2D eigenvalue weighted by molar-refractivity contribution is 0.607. The van der Waals surface area contributed by atoms with Crippen molar-refractivity contribution in [3.63, 3.8) is 0 Å². The molecule has 0 saturated heterocycles. The SMILES string of the molecule is CCCCCCCCc1ccc(N(c2ccc(-c3cccc(-c4ccc(N(c5ccccc5)c5ccccc5)cc4)c3)cc2)c2ccc(-c3cccc(-c4ccc(N(c5ccccc5)c5ccc6c(c5)C(C)(C)c5ccccc5-6)cc4)c3)cc2)cc1. The van der Waals surface area contributed by atoms with Crippen molar-refractivity contribution in [1.29, 1.82) is 0 Å². The zero-order valence-corrected chi connectivity index (χ0v) is 49.7. The van der Waals surface area contributed by atoms with Gasteiger partial charge in [0.1, 0.15) is 0 Å². The molecule has 0 saturated carbocycles. The molecule has 0 amide bonds. The first-order valence-corrected chi connectivity index (χ1v) is 30.9. The number of fused-ring (bicyclic) bond motifs is 3. The number of nitrogens with zero attached hydrogens (tertiary/aromatic N) is 3. The molecule has 0 N–H and O–H groups in total. The van der Waals surface area contributed by atoms with E-state index in [2.05, 4.69) is 339 Å². The molecule has 3 heteroatoms. The smallest absolute Gasteiger partial charge is 0.0465 e. The Morgan fingerprint density at radius 1 is 0.244 bits per heavy atom. The molecule has 0 radical (unpaired) electrons. The van der Waals surface area contributed by atoms with Crippen molar-refractivity contribution < 1.29 is 0 Å². The first kappa shape index (κ1) is 55.2. The average molecular weight is 1110 g/mol. The van der Waals surface area contributed by atoms with Crippen LogP contribution in [0.5, 0.6) is 0 Å². The number of unbranched alkanes of at least 4 members (excludes halogenated alkanes) is 5. The Balaban J connectivity index is 0.758. The Kier molecular flexibility index (Phi) is 16.1. The number of hydrogen-bond donors (Lipinski definition) is 0. The molecule has 0 atom stereocenters. The van der Waals surface area contributed by atoms with Crippen LogP contribution in [0.4, 0.5) is 51.2 Å². The minimum atomic E-state index is -0.0907. The molecule has 12 aromatic carbocycles. The van der Waals surface area contributed by atoms with Crippen molar-refractivity contribution in [1.82, 2.24) is 0 Å². The van der Waals surface area contributed by atoms with Crippen molar-refractivity contribution >= 4 is 51.2 Å². The van der Waals surface area contributed by atoms with Crippen LogP contribution in [-0.2, 0) is 11.8 Å². The summed E-state index contributed by atoms with van der Waals surface area (Å²) >= 11 is 0. The minimum Gasteiger partial charge on any atom is -0.311 e. The Hall–Kier alpha value is -9.96. The molecule has 0 fully saturated rings. The summed E-state index contributed by atoms with van der Waals surface area (Å²) < 4.78 is 0. The van der Waals surface area contributed by atoms with Crippen LogP contribution < -0.4 is 14.7 Å². The van der Waals surface area contributed by atoms with Crippen LogP contribution in [0.15, 0.2) is 303 Å². The molecule has 1 aliphatic carbocycles. The number of rotatable bonds is 20. The van der Waals surface area contributed by atoms with Crippen LogP contribution in [0, 0.1) is 0 Å². The van der Waals surface area contributed by atoms with Crippen LogP contribution in [0.25, 0.3) is 55.6 Å². The molecule has 0 aliphatic heterocycles. The van der Waals surface area contributed by atoms with E-state index in [1.54, 1.807) is 0 Å². The number of hydrogen-bond acceptors (Lipinski definition) is 3. The molecule has 0 spiro atoms. The average Bonchev–Trinajstić information content (AvgIpc) is 1.69. The molecule has 1 aliphatic rings. The van der Waals surface area contributed by atoms with Crippen LogP contribution >= 0.6 is 0 Å². The zero-order valence-electron chi connectivity index (χ0n) is 49.7. The predicted molar refractivity (Wildman–Crippen MR) is 367 cm³/mol. The van der Waals surface area contributed by atoms with E-state index in [9.17, 15) is 0 Å². The topological polar surface area (TPSA) is 9.72 Å². The first-order chi connectivity index (χ1) is 42.4. The molecule has 0 aromatic heterocycles. The van der Waals surface area contributed by atoms with E-state index in [0.717, 1.165) is 57.6 Å². The summed E-state index contributed by atoms with van der Waals surface area (Å²) in [5.74, 6) is 0. The molecule has 13 rings (SSSR count). The van der Waals surface area contributed by atoms with Gasteiger partial charge in [-0.3, -0.25) is 0 Å². The number of benzene rings is 12. The molecule has 0 unspecified atom stereocenters. The van der Waals surface area contributed by atoms with Crippen molar-refractivity contribution in [2.24, 2.45) is 0 Å². The van der Waals surface area contributed by atoms with Gasteiger partial charge in [0.25, 0.3) is 0 Å². The minimum absolute atomic E-state index is 0.0907. The van der Waals surface area contributed by atoms with Gasteiger partial charge in [0.05, 0.1) is 0 Å². The normalized spacial score (nSPS) is 12.1. The van der Waals surface area contributed by atoms with Crippen LogP contribution in [0.1, 0.15) is 76.0 Å². The quantitative estimate of drug-likeness (QED) is 0.0704. The molecule has 3 nitrogen and oxygen atoms in total. The van der Waals surface area contributed by atoms with Gasteiger partial charge in [0, 0.05) is 56.6 Å². The van der Waals surface area contributed by atoms with E-state index < -0.39 is 0 Å². The third-order valence-corrected chi connectivity index (χ3v) is 17.4.